The third kappa shape index (κ3) is 8.41. The number of unbranched alkanes of at least 4 members (excludes halogenated alkanes) is 1. The van der Waals surface area contributed by atoms with E-state index in [9.17, 15) is 24.3 Å². The lowest BCUT2D eigenvalue weighted by atomic mass is 10.0. The Labute approximate surface area is 281 Å². The maximum atomic E-state index is 13.6. The smallest absolute Gasteiger partial charge is 0.409 e. The zero-order valence-electron chi connectivity index (χ0n) is 27.7. The number of pyridine rings is 1. The van der Waals surface area contributed by atoms with Crippen molar-refractivity contribution in [3.63, 3.8) is 0 Å². The summed E-state index contributed by atoms with van der Waals surface area (Å²) >= 11 is 0. The van der Waals surface area contributed by atoms with Gasteiger partial charge in [-0.05, 0) is 55.9 Å². The molecule has 48 heavy (non-hydrogen) atoms. The lowest BCUT2D eigenvalue weighted by Crippen LogP contribution is -2.56. The summed E-state index contributed by atoms with van der Waals surface area (Å²) in [7, 11) is 0. The monoisotopic (exact) mass is 659 g/mol. The van der Waals surface area contributed by atoms with E-state index >= 15 is 0 Å². The summed E-state index contributed by atoms with van der Waals surface area (Å²) in [6, 6.07) is 16.0. The molecule has 2 aliphatic rings. The minimum atomic E-state index is -1.00. The largest absolute Gasteiger partial charge is 0.483 e. The number of benzene rings is 2. The molecule has 4 amide bonds. The van der Waals surface area contributed by atoms with Gasteiger partial charge in [-0.2, -0.15) is 0 Å². The summed E-state index contributed by atoms with van der Waals surface area (Å²) in [6.07, 6.45) is 3.10. The van der Waals surface area contributed by atoms with Crippen LogP contribution in [0.5, 0.6) is 5.75 Å². The molecule has 12 heteroatoms. The molecule has 256 valence electrons. The maximum absolute atomic E-state index is 13.6. The van der Waals surface area contributed by atoms with Gasteiger partial charge in [0.15, 0.2) is 6.61 Å². The van der Waals surface area contributed by atoms with E-state index in [-0.39, 0.29) is 56.3 Å². The van der Waals surface area contributed by atoms with Crippen molar-refractivity contribution in [1.29, 1.82) is 0 Å². The number of piperazine rings is 1. The number of aliphatic hydroxyl groups excluding tert-OH is 1. The molecule has 2 fully saturated rings. The van der Waals surface area contributed by atoms with Crippen molar-refractivity contribution >= 4 is 34.7 Å². The molecule has 5 rings (SSSR count). The van der Waals surface area contributed by atoms with Crippen LogP contribution >= 0.6 is 0 Å². The van der Waals surface area contributed by atoms with Gasteiger partial charge in [-0.15, -0.1) is 0 Å². The molecular formula is C36H45N5O7. The number of aliphatic hydroxyl groups is 1. The first-order valence-corrected chi connectivity index (χ1v) is 16.8. The number of carbonyl (C=O) groups is 4. The topological polar surface area (TPSA) is 142 Å². The average Bonchev–Trinajstić information content (AvgIpc) is 3.60. The number of hydrogen-bond donors (Lipinski definition) is 2. The molecular weight excluding hydrogens is 614 g/mol. The molecule has 3 heterocycles. The van der Waals surface area contributed by atoms with E-state index in [1.165, 1.54) is 6.07 Å². The van der Waals surface area contributed by atoms with Crippen LogP contribution < -0.4 is 10.1 Å². The van der Waals surface area contributed by atoms with E-state index in [1.54, 1.807) is 9.80 Å². The minimum Gasteiger partial charge on any atom is -0.483 e. The van der Waals surface area contributed by atoms with Gasteiger partial charge < -0.3 is 34.6 Å². The van der Waals surface area contributed by atoms with Gasteiger partial charge in [0.1, 0.15) is 17.5 Å². The first-order chi connectivity index (χ1) is 23.3. The van der Waals surface area contributed by atoms with E-state index in [4.69, 9.17) is 9.47 Å². The van der Waals surface area contributed by atoms with Crippen LogP contribution in [0, 0.1) is 6.92 Å². The van der Waals surface area contributed by atoms with E-state index in [2.05, 4.69) is 10.3 Å². The van der Waals surface area contributed by atoms with Crippen molar-refractivity contribution in [2.45, 2.75) is 58.0 Å². The van der Waals surface area contributed by atoms with Gasteiger partial charge in [0.25, 0.3) is 11.8 Å². The summed E-state index contributed by atoms with van der Waals surface area (Å²) in [6.45, 7) is 5.58. The highest BCUT2D eigenvalue weighted by molar-refractivity contribution is 5.99. The van der Waals surface area contributed by atoms with Crippen LogP contribution in [0.4, 0.5) is 4.79 Å². The van der Waals surface area contributed by atoms with Crippen LogP contribution in [0.15, 0.2) is 54.6 Å². The Morgan fingerprint density at radius 1 is 1.00 bits per heavy atom. The van der Waals surface area contributed by atoms with Crippen LogP contribution in [0.25, 0.3) is 10.9 Å². The first kappa shape index (κ1) is 34.6. The Bertz CT molecular complexity index is 1590. The van der Waals surface area contributed by atoms with Gasteiger partial charge in [0.05, 0.1) is 18.2 Å². The highest BCUT2D eigenvalue weighted by Crippen LogP contribution is 2.32. The number of ether oxygens (including phenoxy) is 2. The molecule has 2 aromatic carbocycles. The molecule has 2 saturated heterocycles. The Morgan fingerprint density at radius 2 is 1.75 bits per heavy atom. The zero-order chi connectivity index (χ0) is 34.0. The summed E-state index contributed by atoms with van der Waals surface area (Å²) in [5, 5.41) is 13.1. The summed E-state index contributed by atoms with van der Waals surface area (Å²) in [5.74, 6) is -0.773. The molecule has 2 atom stereocenters. The average molecular weight is 660 g/mol. The van der Waals surface area contributed by atoms with Gasteiger partial charge in [0, 0.05) is 50.8 Å². The molecule has 0 spiro atoms. The highest BCUT2D eigenvalue weighted by atomic mass is 16.6. The van der Waals surface area contributed by atoms with Crippen molar-refractivity contribution in [2.24, 2.45) is 0 Å². The number of nitrogens with one attached hydrogen (secondary N) is 1. The lowest BCUT2D eigenvalue weighted by molar-refractivity contribution is -0.135. The predicted molar refractivity (Wildman–Crippen MR) is 179 cm³/mol. The Morgan fingerprint density at radius 3 is 2.48 bits per heavy atom. The first-order valence-electron chi connectivity index (χ1n) is 16.8. The molecule has 0 bridgehead atoms. The number of aryl methyl sites for hydroxylation is 1. The number of nitrogens with zero attached hydrogens (tertiary/aromatic N) is 4. The Kier molecular flexibility index (Phi) is 11.8. The molecule has 0 unspecified atom stereocenters. The molecule has 1 aromatic heterocycles. The van der Waals surface area contributed by atoms with Gasteiger partial charge in [-0.25, -0.2) is 9.78 Å². The second-order valence-corrected chi connectivity index (χ2v) is 12.3. The second kappa shape index (κ2) is 16.4. The third-order valence-corrected chi connectivity index (χ3v) is 8.86. The van der Waals surface area contributed by atoms with Crippen LogP contribution in [-0.4, -0.2) is 107 Å². The summed E-state index contributed by atoms with van der Waals surface area (Å²) in [5.41, 5.74) is 2.56. The predicted octanol–water partition coefficient (Wildman–Crippen LogP) is 3.85. The minimum absolute atomic E-state index is 0.00676. The molecule has 2 aliphatic heterocycles. The lowest BCUT2D eigenvalue weighted by Gasteiger charge is -2.36. The van der Waals surface area contributed by atoms with E-state index < -0.39 is 18.0 Å². The third-order valence-electron chi connectivity index (χ3n) is 8.86. The number of fused-ring (bicyclic) bond motifs is 1. The van der Waals surface area contributed by atoms with Crippen molar-refractivity contribution in [2.75, 3.05) is 52.5 Å². The Balaban J connectivity index is 1.26. The van der Waals surface area contributed by atoms with Gasteiger partial charge in [-0.3, -0.25) is 14.4 Å². The fraction of sp³-hybridized carbons (Fsp3) is 0.472. The van der Waals surface area contributed by atoms with Crippen LogP contribution in [0.1, 0.15) is 66.7 Å². The van der Waals surface area contributed by atoms with E-state index in [1.807, 2.05) is 67.3 Å². The molecule has 0 saturated carbocycles. The molecule has 0 radical (unpaired) electrons. The fourth-order valence-electron chi connectivity index (χ4n) is 6.20. The number of rotatable bonds is 12. The van der Waals surface area contributed by atoms with Crippen LogP contribution in [-0.2, 0) is 14.3 Å². The Hall–Kier alpha value is -4.71. The molecule has 3 aromatic rings. The van der Waals surface area contributed by atoms with Crippen LogP contribution in [0.3, 0.4) is 0 Å². The van der Waals surface area contributed by atoms with Gasteiger partial charge in [0.2, 0.25) is 5.91 Å². The fourth-order valence-corrected chi connectivity index (χ4v) is 6.20. The molecule has 0 aliphatic carbocycles. The number of carbonyl (C=O) groups excluding carboxylic acids is 4. The highest BCUT2D eigenvalue weighted by Gasteiger charge is 2.32. The quantitative estimate of drug-likeness (QED) is 0.280. The standard InChI is InChI=1S/C36H45N5O7/c1-3-4-21-47-36(46)40-18-16-39(17-19-40)35(45)28(14-20-42)38-34(44)30-23-32(27-13-12-25(2)22-29(27)37-30)48-24-33(43)41-15-8-11-31(41)26-9-6-5-7-10-26/h5-7,9-10,12-13,22-23,28,31,42H,3-4,8,11,14-21,24H2,1-2H3,(H,38,44)/t28-,31-/m0/s1. The van der Waals surface area contributed by atoms with Crippen LogP contribution in [0.2, 0.25) is 0 Å². The van der Waals surface area contributed by atoms with Crippen molar-refractivity contribution in [3.05, 3.63) is 71.4 Å². The number of amides is 4. The van der Waals surface area contributed by atoms with Crippen molar-refractivity contribution < 1.29 is 33.8 Å². The molecule has 12 nitrogen and oxygen atoms in total. The maximum Gasteiger partial charge on any atom is 0.409 e. The number of likely N-dealkylation sites (tertiary alicyclic amines) is 1. The normalized spacial score (nSPS) is 16.9. The molecule has 2 N–H and O–H groups in total. The number of hydrogen-bond acceptors (Lipinski definition) is 8. The van der Waals surface area contributed by atoms with E-state index in [0.29, 0.717) is 42.9 Å². The van der Waals surface area contributed by atoms with Crippen molar-refractivity contribution in [3.8, 4) is 5.75 Å². The second-order valence-electron chi connectivity index (χ2n) is 12.3. The summed E-state index contributed by atoms with van der Waals surface area (Å²) in [4.78, 5) is 62.3. The SMILES string of the molecule is CCCCOC(=O)N1CCN(C(=O)[C@H](CCO)NC(=O)c2cc(OCC(=O)N3CCC[C@H]3c3ccccc3)c3ccc(C)cc3n2)CC1. The number of aromatic nitrogens is 1. The van der Waals surface area contributed by atoms with Gasteiger partial charge >= 0.3 is 6.09 Å². The zero-order valence-corrected chi connectivity index (χ0v) is 27.7. The van der Waals surface area contributed by atoms with Crippen molar-refractivity contribution in [1.82, 2.24) is 25.0 Å². The van der Waals surface area contributed by atoms with E-state index in [0.717, 1.165) is 36.8 Å². The summed E-state index contributed by atoms with van der Waals surface area (Å²) < 4.78 is 11.4. The van der Waals surface area contributed by atoms with Gasteiger partial charge in [-0.1, -0.05) is 49.7 Å².